The Morgan fingerprint density at radius 1 is 1.11 bits per heavy atom. The van der Waals surface area contributed by atoms with Crippen LogP contribution in [0.2, 0.25) is 0 Å². The second-order valence-electron chi connectivity index (χ2n) is 4.87. The van der Waals surface area contributed by atoms with E-state index in [9.17, 15) is 0 Å². The molecular formula is C16H19NO. The summed E-state index contributed by atoms with van der Waals surface area (Å²) in [6.45, 7) is 8.28. The summed E-state index contributed by atoms with van der Waals surface area (Å²) in [6.07, 6.45) is 1.86. The van der Waals surface area contributed by atoms with Gasteiger partial charge in [-0.2, -0.15) is 0 Å². The van der Waals surface area contributed by atoms with Crippen molar-refractivity contribution in [1.82, 2.24) is 0 Å². The lowest BCUT2D eigenvalue weighted by atomic mass is 10.0. The third-order valence-corrected chi connectivity index (χ3v) is 2.99. The molecule has 2 nitrogen and oxygen atoms in total. The van der Waals surface area contributed by atoms with Gasteiger partial charge in [-0.05, 0) is 43.5 Å². The van der Waals surface area contributed by atoms with Gasteiger partial charge in [0, 0.05) is 11.8 Å². The molecule has 0 radical (unpaired) electrons. The minimum absolute atomic E-state index is 0.557. The molecule has 0 atom stereocenters. The summed E-state index contributed by atoms with van der Waals surface area (Å²) in [5.74, 6) is 2.39. The van der Waals surface area contributed by atoms with Gasteiger partial charge < -0.3 is 4.42 Å². The molecule has 0 aliphatic heterocycles. The Hall–Kier alpha value is -1.83. The number of aryl methyl sites for hydroxylation is 2. The molecule has 0 N–H and O–H groups in total. The topological polar surface area (TPSA) is 25.5 Å². The van der Waals surface area contributed by atoms with Crippen LogP contribution in [-0.4, -0.2) is 6.21 Å². The highest BCUT2D eigenvalue weighted by Crippen LogP contribution is 2.19. The van der Waals surface area contributed by atoms with E-state index in [-0.39, 0.29) is 0 Å². The fourth-order valence-corrected chi connectivity index (χ4v) is 1.87. The van der Waals surface area contributed by atoms with E-state index < -0.39 is 0 Å². The lowest BCUT2D eigenvalue weighted by Crippen LogP contribution is -1.85. The third-order valence-electron chi connectivity index (χ3n) is 2.99. The zero-order chi connectivity index (χ0) is 13.1. The normalized spacial score (nSPS) is 11.6. The van der Waals surface area contributed by atoms with Crippen molar-refractivity contribution in [3.63, 3.8) is 0 Å². The average molecular weight is 241 g/mol. The summed E-state index contributed by atoms with van der Waals surface area (Å²) in [4.78, 5) is 4.47. The van der Waals surface area contributed by atoms with Crippen molar-refractivity contribution in [2.75, 3.05) is 0 Å². The van der Waals surface area contributed by atoms with Gasteiger partial charge in [0.2, 0.25) is 0 Å². The van der Waals surface area contributed by atoms with Crippen LogP contribution in [0.4, 0.5) is 5.69 Å². The lowest BCUT2D eigenvalue weighted by Gasteiger charge is -2.04. The number of hydrogen-bond acceptors (Lipinski definition) is 2. The van der Waals surface area contributed by atoms with Gasteiger partial charge >= 0.3 is 0 Å². The molecule has 1 heterocycles. The van der Waals surface area contributed by atoms with Crippen LogP contribution in [0.3, 0.4) is 0 Å². The average Bonchev–Trinajstić information content (AvgIpc) is 2.66. The predicted molar refractivity (Wildman–Crippen MR) is 76.0 cm³/mol. The molecule has 0 unspecified atom stereocenters. The third kappa shape index (κ3) is 2.89. The Morgan fingerprint density at radius 2 is 1.78 bits per heavy atom. The van der Waals surface area contributed by atoms with Crippen molar-refractivity contribution >= 4 is 11.9 Å². The summed E-state index contributed by atoms with van der Waals surface area (Å²) in [6, 6.07) is 10.4. The van der Waals surface area contributed by atoms with E-state index in [0.717, 1.165) is 22.8 Å². The molecule has 2 rings (SSSR count). The van der Waals surface area contributed by atoms with Crippen LogP contribution >= 0.6 is 0 Å². The van der Waals surface area contributed by atoms with Crippen LogP contribution in [0.1, 0.15) is 42.4 Å². The molecule has 2 heteroatoms. The molecule has 0 saturated carbocycles. The van der Waals surface area contributed by atoms with Crippen molar-refractivity contribution in [2.45, 2.75) is 33.6 Å². The van der Waals surface area contributed by atoms with Crippen LogP contribution in [0.15, 0.2) is 39.7 Å². The number of nitrogens with zero attached hydrogens (tertiary/aromatic N) is 1. The number of benzene rings is 1. The van der Waals surface area contributed by atoms with E-state index in [0.29, 0.717) is 5.92 Å². The van der Waals surface area contributed by atoms with Gasteiger partial charge in [-0.1, -0.05) is 26.0 Å². The van der Waals surface area contributed by atoms with Gasteiger partial charge in [-0.15, -0.1) is 0 Å². The summed E-state index contributed by atoms with van der Waals surface area (Å²) in [7, 11) is 0. The summed E-state index contributed by atoms with van der Waals surface area (Å²) < 4.78 is 5.46. The first-order valence-corrected chi connectivity index (χ1v) is 6.27. The molecule has 0 saturated heterocycles. The maximum absolute atomic E-state index is 5.46. The van der Waals surface area contributed by atoms with E-state index in [1.165, 1.54) is 5.56 Å². The fourth-order valence-electron chi connectivity index (χ4n) is 1.87. The van der Waals surface area contributed by atoms with Gasteiger partial charge in [0.25, 0.3) is 0 Å². The molecule has 2 aromatic rings. The minimum Gasteiger partial charge on any atom is -0.466 e. The lowest BCUT2D eigenvalue weighted by molar-refractivity contribution is 0.504. The predicted octanol–water partition coefficient (Wildman–Crippen LogP) is 4.77. The van der Waals surface area contributed by atoms with Crippen LogP contribution in [-0.2, 0) is 0 Å². The molecular weight excluding hydrogens is 222 g/mol. The first kappa shape index (κ1) is 12.6. The quantitative estimate of drug-likeness (QED) is 0.710. The number of aliphatic imine (C=N–C) groups is 1. The zero-order valence-corrected chi connectivity index (χ0v) is 11.4. The van der Waals surface area contributed by atoms with Gasteiger partial charge in [-0.25, -0.2) is 0 Å². The molecule has 1 aromatic carbocycles. The maximum atomic E-state index is 5.46. The van der Waals surface area contributed by atoms with Gasteiger partial charge in [0.1, 0.15) is 11.5 Å². The molecule has 0 fully saturated rings. The molecule has 0 aliphatic rings. The standard InChI is InChI=1S/C16H19NO/c1-11(2)14-5-7-16(8-6-14)17-10-15-9-12(3)18-13(15)4/h5-11H,1-4H3. The summed E-state index contributed by atoms with van der Waals surface area (Å²) in [5.41, 5.74) is 3.35. The Morgan fingerprint density at radius 3 is 2.28 bits per heavy atom. The Bertz CT molecular complexity index is 547. The summed E-state index contributed by atoms with van der Waals surface area (Å²) >= 11 is 0. The minimum atomic E-state index is 0.557. The number of hydrogen-bond donors (Lipinski definition) is 0. The first-order valence-electron chi connectivity index (χ1n) is 6.27. The van der Waals surface area contributed by atoms with Crippen molar-refractivity contribution in [3.8, 4) is 0 Å². The van der Waals surface area contributed by atoms with E-state index >= 15 is 0 Å². The van der Waals surface area contributed by atoms with Crippen molar-refractivity contribution in [1.29, 1.82) is 0 Å². The van der Waals surface area contributed by atoms with Crippen molar-refractivity contribution in [3.05, 3.63) is 53.0 Å². The molecule has 0 amide bonds. The Balaban J connectivity index is 2.16. The van der Waals surface area contributed by atoms with E-state index in [4.69, 9.17) is 4.42 Å². The molecule has 0 bridgehead atoms. The monoisotopic (exact) mass is 241 g/mol. The van der Waals surface area contributed by atoms with Crippen LogP contribution in [0.25, 0.3) is 0 Å². The Kier molecular flexibility index (Phi) is 3.66. The Labute approximate surface area is 108 Å². The largest absolute Gasteiger partial charge is 0.466 e. The highest BCUT2D eigenvalue weighted by molar-refractivity contribution is 5.83. The maximum Gasteiger partial charge on any atom is 0.109 e. The molecule has 0 spiro atoms. The van der Waals surface area contributed by atoms with Gasteiger partial charge in [-0.3, -0.25) is 4.99 Å². The fraction of sp³-hybridized carbons (Fsp3) is 0.312. The van der Waals surface area contributed by atoms with Crippen LogP contribution in [0.5, 0.6) is 0 Å². The van der Waals surface area contributed by atoms with Crippen LogP contribution in [0, 0.1) is 13.8 Å². The smallest absolute Gasteiger partial charge is 0.109 e. The van der Waals surface area contributed by atoms with Crippen LogP contribution < -0.4 is 0 Å². The molecule has 1 aromatic heterocycles. The van der Waals surface area contributed by atoms with E-state index in [1.807, 2.05) is 38.3 Å². The zero-order valence-electron chi connectivity index (χ0n) is 11.4. The first-order chi connectivity index (χ1) is 8.56. The second kappa shape index (κ2) is 5.21. The highest BCUT2D eigenvalue weighted by Gasteiger charge is 2.01. The van der Waals surface area contributed by atoms with Crippen molar-refractivity contribution < 1.29 is 4.42 Å². The molecule has 94 valence electrons. The number of rotatable bonds is 3. The molecule has 0 aliphatic carbocycles. The highest BCUT2D eigenvalue weighted by atomic mass is 16.3. The molecule has 18 heavy (non-hydrogen) atoms. The van der Waals surface area contributed by atoms with E-state index in [1.54, 1.807) is 0 Å². The summed E-state index contributed by atoms with van der Waals surface area (Å²) in [5, 5.41) is 0. The number of furan rings is 1. The van der Waals surface area contributed by atoms with Gasteiger partial charge in [0.05, 0.1) is 5.69 Å². The van der Waals surface area contributed by atoms with E-state index in [2.05, 4.69) is 31.0 Å². The van der Waals surface area contributed by atoms with Crippen molar-refractivity contribution in [2.24, 2.45) is 4.99 Å². The SMILES string of the molecule is Cc1cc(C=Nc2ccc(C(C)C)cc2)c(C)o1. The second-order valence-corrected chi connectivity index (χ2v) is 4.87. The van der Waals surface area contributed by atoms with Gasteiger partial charge in [0.15, 0.2) is 0 Å².